The van der Waals surface area contributed by atoms with Crippen LogP contribution in [0.25, 0.3) is 0 Å². The standard InChI is InChI=1S/C33H40ClN2O6S/c1-22-21-43(39)35-33(38)24-8-11-32-29(18-24)36(19-25-6-9-27(34)17-23(25)5-3-4-15-41-32)20-26-7-10-28(26)31(40-2)13-12-30(22)42-16-14-37/h6,8-9,11-14,17-18,22,26,28,30-31H,3-5,7,10,15-16,19-21H2,1-2H3/q-1/b13-12+/t22-,26+,28-,30+,31+/m1/s1. The fourth-order valence-corrected chi connectivity index (χ4v) is 7.47. The van der Waals surface area contributed by atoms with Gasteiger partial charge in [-0.3, -0.25) is 4.79 Å². The van der Waals surface area contributed by atoms with E-state index in [0.29, 0.717) is 30.9 Å². The zero-order valence-electron chi connectivity index (χ0n) is 24.8. The van der Waals surface area contributed by atoms with Crippen LogP contribution in [-0.2, 0) is 42.0 Å². The van der Waals surface area contributed by atoms with E-state index in [2.05, 4.69) is 21.4 Å². The molecule has 10 heteroatoms. The molecule has 0 saturated heterocycles. The Morgan fingerprint density at radius 2 is 1.95 bits per heavy atom. The monoisotopic (exact) mass is 627 g/mol. The highest BCUT2D eigenvalue weighted by atomic mass is 35.5. The number of methoxy groups -OCH3 is 1. The van der Waals surface area contributed by atoms with Crippen LogP contribution < -0.4 is 9.64 Å². The molecule has 2 heterocycles. The highest BCUT2D eigenvalue weighted by molar-refractivity contribution is 7.75. The number of hydrogen-bond acceptors (Lipinski definition) is 8. The van der Waals surface area contributed by atoms with Crippen molar-refractivity contribution in [2.24, 2.45) is 22.1 Å². The molecule has 0 aromatic heterocycles. The summed E-state index contributed by atoms with van der Waals surface area (Å²) in [6.07, 6.45) is 8.86. The number of ether oxygens (including phenoxy) is 3. The van der Waals surface area contributed by atoms with Gasteiger partial charge < -0.3 is 32.5 Å². The van der Waals surface area contributed by atoms with E-state index < -0.39 is 22.6 Å². The van der Waals surface area contributed by atoms with Crippen LogP contribution in [0, 0.1) is 17.8 Å². The molecule has 232 valence electrons. The number of nitrogens with zero attached hydrogens (tertiary/aromatic N) is 2. The van der Waals surface area contributed by atoms with Gasteiger partial charge in [0.1, 0.15) is 18.6 Å². The molecule has 1 aliphatic carbocycles. The van der Waals surface area contributed by atoms with Crippen LogP contribution >= 0.6 is 11.6 Å². The zero-order valence-corrected chi connectivity index (χ0v) is 26.4. The van der Waals surface area contributed by atoms with Gasteiger partial charge in [-0.1, -0.05) is 42.5 Å². The summed E-state index contributed by atoms with van der Waals surface area (Å²) < 4.78 is 35.1. The minimum atomic E-state index is -1.78. The molecule has 2 aromatic carbocycles. The number of anilines is 1. The Morgan fingerprint density at radius 1 is 1.12 bits per heavy atom. The van der Waals surface area contributed by atoms with Crippen LogP contribution in [0.1, 0.15) is 54.1 Å². The number of hydrogen-bond donors (Lipinski definition) is 0. The van der Waals surface area contributed by atoms with E-state index in [1.165, 1.54) is 11.1 Å². The van der Waals surface area contributed by atoms with Gasteiger partial charge in [0.2, 0.25) is 0 Å². The third kappa shape index (κ3) is 7.87. The van der Waals surface area contributed by atoms with E-state index in [-0.39, 0.29) is 30.3 Å². The van der Waals surface area contributed by atoms with Crippen LogP contribution in [-0.4, -0.2) is 57.0 Å². The van der Waals surface area contributed by atoms with Crippen molar-refractivity contribution in [2.75, 3.05) is 37.5 Å². The van der Waals surface area contributed by atoms with E-state index >= 15 is 0 Å². The van der Waals surface area contributed by atoms with E-state index in [0.717, 1.165) is 55.1 Å². The third-order valence-corrected chi connectivity index (χ3v) is 10.2. The summed E-state index contributed by atoms with van der Waals surface area (Å²) in [5.41, 5.74) is 3.60. The summed E-state index contributed by atoms with van der Waals surface area (Å²) in [5, 5.41) is 0.722. The first-order valence-electron chi connectivity index (χ1n) is 15.1. The molecule has 1 fully saturated rings. The van der Waals surface area contributed by atoms with E-state index in [9.17, 15) is 13.8 Å². The molecular formula is C33H40ClN2O6S-. The Kier molecular flexibility index (Phi) is 10.9. The van der Waals surface area contributed by atoms with Gasteiger partial charge in [0.25, 0.3) is 5.91 Å². The SMILES string of the molecule is CO[C@H]1/C=C/[C@H](OCC=O)[C@H](C)C[S-](=O)=NC(=O)c2ccc3c(c2)N(Cc2ccc(Cl)cc2CCCCO3)C[C@@H]2CC[C@H]21. The topological polar surface area (TPSA) is 94.5 Å². The van der Waals surface area contributed by atoms with Gasteiger partial charge >= 0.3 is 0 Å². The fraction of sp³-hybridized carbons (Fsp3) is 0.515. The normalized spacial score (nSPS) is 27.7. The quantitative estimate of drug-likeness (QED) is 0.227. The Bertz CT molecular complexity index is 1420. The fourth-order valence-electron chi connectivity index (χ4n) is 6.27. The number of aryl methyl sites for hydroxylation is 1. The van der Waals surface area contributed by atoms with Crippen LogP contribution in [0.5, 0.6) is 5.75 Å². The third-order valence-electron chi connectivity index (χ3n) is 8.80. The van der Waals surface area contributed by atoms with Crippen molar-refractivity contribution in [3.8, 4) is 5.75 Å². The van der Waals surface area contributed by atoms with E-state index in [1.807, 2.05) is 37.3 Å². The molecule has 2 aromatic rings. The lowest BCUT2D eigenvalue weighted by molar-refractivity contribution is -0.113. The van der Waals surface area contributed by atoms with Crippen molar-refractivity contribution < 1.29 is 28.0 Å². The van der Waals surface area contributed by atoms with Crippen molar-refractivity contribution >= 4 is 40.1 Å². The van der Waals surface area contributed by atoms with Crippen LogP contribution in [0.4, 0.5) is 5.69 Å². The van der Waals surface area contributed by atoms with Gasteiger partial charge in [0.15, 0.2) is 0 Å². The molecule has 0 spiro atoms. The number of halogens is 1. The molecule has 5 rings (SSSR count). The highest BCUT2D eigenvalue weighted by Gasteiger charge is 2.38. The Labute approximate surface area is 260 Å². The molecule has 0 radical (unpaired) electrons. The molecule has 1 saturated carbocycles. The van der Waals surface area contributed by atoms with Gasteiger partial charge in [-0.25, -0.2) is 0 Å². The van der Waals surface area contributed by atoms with Crippen molar-refractivity contribution in [3.05, 3.63) is 70.3 Å². The van der Waals surface area contributed by atoms with Crippen molar-refractivity contribution in [2.45, 2.75) is 57.8 Å². The molecule has 0 N–H and O–H groups in total. The summed E-state index contributed by atoms with van der Waals surface area (Å²) in [6.45, 7) is 3.73. The van der Waals surface area contributed by atoms with Gasteiger partial charge in [-0.2, -0.15) is 10.6 Å². The van der Waals surface area contributed by atoms with Crippen LogP contribution in [0.2, 0.25) is 5.02 Å². The predicted octanol–water partition coefficient (Wildman–Crippen LogP) is 6.18. The number of benzene rings is 2. The average molecular weight is 628 g/mol. The predicted molar refractivity (Wildman–Crippen MR) is 168 cm³/mol. The maximum Gasteiger partial charge on any atom is 0.254 e. The molecule has 3 aliphatic rings. The average Bonchev–Trinajstić information content (AvgIpc) is 3.00. The van der Waals surface area contributed by atoms with Gasteiger partial charge in [-0.15, -0.1) is 0 Å². The largest absolute Gasteiger partial charge is 0.491 e. The lowest BCUT2D eigenvalue weighted by Crippen LogP contribution is -2.43. The molecule has 8 nitrogen and oxygen atoms in total. The first-order valence-corrected chi connectivity index (χ1v) is 16.7. The molecule has 2 aliphatic heterocycles. The summed E-state index contributed by atoms with van der Waals surface area (Å²) in [6, 6.07) is 11.5. The van der Waals surface area contributed by atoms with E-state index in [1.54, 1.807) is 13.2 Å². The number of aldehydes is 1. The Morgan fingerprint density at radius 3 is 2.72 bits per heavy atom. The van der Waals surface area contributed by atoms with Crippen LogP contribution in [0.3, 0.4) is 0 Å². The minimum absolute atomic E-state index is 0.0788. The van der Waals surface area contributed by atoms with Gasteiger partial charge in [0.05, 0.1) is 24.5 Å². The molecule has 1 amide bonds. The van der Waals surface area contributed by atoms with Crippen LogP contribution in [0.15, 0.2) is 52.9 Å². The minimum Gasteiger partial charge on any atom is -0.491 e. The Hall–Kier alpha value is -2.72. The van der Waals surface area contributed by atoms with Crippen molar-refractivity contribution in [1.82, 2.24) is 0 Å². The highest BCUT2D eigenvalue weighted by Crippen LogP contribution is 2.42. The summed E-state index contributed by atoms with van der Waals surface area (Å²) in [7, 11) is -0.0658. The lowest BCUT2D eigenvalue weighted by atomic mass is 9.70. The Balaban J connectivity index is 1.59. The van der Waals surface area contributed by atoms with Gasteiger partial charge in [-0.05, 0) is 91.3 Å². The van der Waals surface area contributed by atoms with Crippen molar-refractivity contribution in [3.63, 3.8) is 0 Å². The second-order valence-electron chi connectivity index (χ2n) is 11.7. The second kappa shape index (κ2) is 14.8. The summed E-state index contributed by atoms with van der Waals surface area (Å²) >= 11 is 6.41. The lowest BCUT2D eigenvalue weighted by Gasteiger charge is -2.43. The first-order chi connectivity index (χ1) is 20.9. The zero-order chi connectivity index (χ0) is 30.3. The summed E-state index contributed by atoms with van der Waals surface area (Å²) in [4.78, 5) is 26.7. The van der Waals surface area contributed by atoms with Gasteiger partial charge in [0, 0.05) is 30.8 Å². The first kappa shape index (κ1) is 31.7. The number of amides is 1. The molecule has 2 bridgehead atoms. The molecule has 0 unspecified atom stereocenters. The smallest absolute Gasteiger partial charge is 0.254 e. The second-order valence-corrected chi connectivity index (χ2v) is 13.3. The maximum atomic E-state index is 13.3. The van der Waals surface area contributed by atoms with Crippen molar-refractivity contribution in [1.29, 1.82) is 0 Å². The number of fused-ring (bicyclic) bond motifs is 3. The number of carbonyl (C=O) groups excluding carboxylic acids is 2. The van der Waals surface area contributed by atoms with E-state index in [4.69, 9.17) is 25.8 Å². The molecular weight excluding hydrogens is 588 g/mol. The molecule has 5 atom stereocenters. The molecule has 43 heavy (non-hydrogen) atoms. The maximum absolute atomic E-state index is 13.3. The number of carbonyl (C=O) groups is 2. The summed E-state index contributed by atoms with van der Waals surface area (Å²) in [5.74, 6) is 0.656. The number of rotatable bonds is 4.